The van der Waals surface area contributed by atoms with Gasteiger partial charge in [-0.15, -0.1) is 0 Å². The van der Waals surface area contributed by atoms with Gasteiger partial charge in [0.05, 0.1) is 18.7 Å². The molecule has 6 heteroatoms. The first kappa shape index (κ1) is 15.5. The van der Waals surface area contributed by atoms with Crippen molar-refractivity contribution in [1.82, 2.24) is 20.0 Å². The maximum Gasteiger partial charge on any atom is 0.237 e. The van der Waals surface area contributed by atoms with Gasteiger partial charge in [-0.05, 0) is 45.2 Å². The molecule has 122 valence electrons. The molecule has 3 rings (SSSR count). The molecule has 3 heterocycles. The van der Waals surface area contributed by atoms with Crippen LogP contribution in [0.15, 0.2) is 18.5 Å². The van der Waals surface area contributed by atoms with Crippen molar-refractivity contribution in [3.63, 3.8) is 0 Å². The Bertz CT molecular complexity index is 471. The third-order valence-corrected chi connectivity index (χ3v) is 4.78. The quantitative estimate of drug-likeness (QED) is 0.853. The Balaban J connectivity index is 1.50. The topological polar surface area (TPSA) is 59.4 Å². The second kappa shape index (κ2) is 7.24. The number of amides is 1. The predicted octanol–water partition coefficient (Wildman–Crippen LogP) is 1.03. The maximum atomic E-state index is 12.4. The fraction of sp³-hybridized carbons (Fsp3) is 0.750. The van der Waals surface area contributed by atoms with Crippen LogP contribution in [0, 0.1) is 0 Å². The van der Waals surface area contributed by atoms with Gasteiger partial charge in [0.2, 0.25) is 5.91 Å². The molecule has 0 aromatic carbocycles. The largest absolute Gasteiger partial charge is 0.376 e. The van der Waals surface area contributed by atoms with Crippen molar-refractivity contribution >= 4 is 5.91 Å². The summed E-state index contributed by atoms with van der Waals surface area (Å²) < 4.78 is 7.52. The van der Waals surface area contributed by atoms with Gasteiger partial charge in [0, 0.05) is 31.6 Å². The van der Waals surface area contributed by atoms with Crippen LogP contribution in [0.25, 0.3) is 0 Å². The molecule has 1 amide bonds. The second-order valence-electron chi connectivity index (χ2n) is 6.32. The molecule has 2 aliphatic heterocycles. The summed E-state index contributed by atoms with van der Waals surface area (Å²) in [6, 6.07) is 2.24. The van der Waals surface area contributed by atoms with Crippen LogP contribution < -0.4 is 5.32 Å². The highest BCUT2D eigenvalue weighted by molar-refractivity contribution is 5.81. The molecule has 22 heavy (non-hydrogen) atoms. The number of rotatable bonds is 6. The van der Waals surface area contributed by atoms with Gasteiger partial charge >= 0.3 is 0 Å². The van der Waals surface area contributed by atoms with Crippen LogP contribution in [0.5, 0.6) is 0 Å². The van der Waals surface area contributed by atoms with Crippen molar-refractivity contribution < 1.29 is 9.53 Å². The van der Waals surface area contributed by atoms with E-state index >= 15 is 0 Å². The van der Waals surface area contributed by atoms with Gasteiger partial charge in [0.1, 0.15) is 0 Å². The zero-order valence-electron chi connectivity index (χ0n) is 13.3. The molecule has 0 radical (unpaired) electrons. The minimum atomic E-state index is -0.0931. The molecular formula is C16H26N4O2. The van der Waals surface area contributed by atoms with Crippen LogP contribution in [-0.4, -0.2) is 58.5 Å². The molecule has 6 nitrogen and oxygen atoms in total. The molecule has 1 aromatic rings. The first-order chi connectivity index (χ1) is 10.7. The summed E-state index contributed by atoms with van der Waals surface area (Å²) in [6.07, 6.45) is 8.43. The predicted molar refractivity (Wildman–Crippen MR) is 83.4 cm³/mol. The highest BCUT2D eigenvalue weighted by atomic mass is 16.5. The molecule has 0 bridgehead atoms. The lowest BCUT2D eigenvalue weighted by atomic mass is 10.2. The van der Waals surface area contributed by atoms with E-state index in [1.165, 1.54) is 0 Å². The van der Waals surface area contributed by atoms with E-state index in [4.69, 9.17) is 4.74 Å². The Kier molecular flexibility index (Phi) is 5.10. The van der Waals surface area contributed by atoms with Gasteiger partial charge in [-0.25, -0.2) is 0 Å². The number of hydrogen-bond acceptors (Lipinski definition) is 4. The van der Waals surface area contributed by atoms with Gasteiger partial charge in [-0.3, -0.25) is 14.4 Å². The van der Waals surface area contributed by atoms with Crippen LogP contribution in [-0.2, 0) is 16.1 Å². The lowest BCUT2D eigenvalue weighted by Gasteiger charge is -2.30. The summed E-state index contributed by atoms with van der Waals surface area (Å²) >= 11 is 0. The van der Waals surface area contributed by atoms with E-state index in [9.17, 15) is 4.79 Å². The van der Waals surface area contributed by atoms with Gasteiger partial charge in [-0.1, -0.05) is 0 Å². The number of carbonyl (C=O) groups excluding carboxylic acids is 1. The van der Waals surface area contributed by atoms with Gasteiger partial charge in [0.15, 0.2) is 0 Å². The first-order valence-corrected chi connectivity index (χ1v) is 8.36. The standard InChI is InChI=1S/C16H26N4O2/c1-13(16(21)17-11-15-6-3-10-22-15)20-9-2-5-14(20)12-19-8-4-7-18-19/h4,7-8,13-15H,2-3,5-6,9-12H2,1H3,(H,17,21)/t13-,14+,15-/m1/s1. The van der Waals surface area contributed by atoms with Gasteiger partial charge in [0.25, 0.3) is 0 Å². The SMILES string of the molecule is C[C@H](C(=O)NC[C@H]1CCCO1)N1CCC[C@H]1Cn1cccn1. The minimum Gasteiger partial charge on any atom is -0.376 e. The Morgan fingerprint density at radius 2 is 2.36 bits per heavy atom. The van der Waals surface area contributed by atoms with E-state index in [0.717, 1.165) is 45.4 Å². The van der Waals surface area contributed by atoms with Crippen molar-refractivity contribution in [2.75, 3.05) is 19.7 Å². The van der Waals surface area contributed by atoms with Crippen molar-refractivity contribution in [2.24, 2.45) is 0 Å². The summed E-state index contributed by atoms with van der Waals surface area (Å²) in [7, 11) is 0. The summed E-state index contributed by atoms with van der Waals surface area (Å²) in [4.78, 5) is 14.7. The molecule has 1 aromatic heterocycles. The summed E-state index contributed by atoms with van der Waals surface area (Å²) in [5, 5.41) is 7.33. The summed E-state index contributed by atoms with van der Waals surface area (Å²) in [5.41, 5.74) is 0. The number of hydrogen-bond donors (Lipinski definition) is 1. The van der Waals surface area contributed by atoms with Crippen LogP contribution in [0.4, 0.5) is 0 Å². The average Bonchev–Trinajstić information content (AvgIpc) is 3.27. The number of nitrogens with zero attached hydrogens (tertiary/aromatic N) is 3. The third-order valence-electron chi connectivity index (χ3n) is 4.78. The number of aromatic nitrogens is 2. The number of likely N-dealkylation sites (tertiary alicyclic amines) is 1. The van der Waals surface area contributed by atoms with E-state index in [1.54, 1.807) is 6.20 Å². The van der Waals surface area contributed by atoms with Crippen LogP contribution in [0.1, 0.15) is 32.6 Å². The molecular weight excluding hydrogens is 280 g/mol. The van der Waals surface area contributed by atoms with E-state index in [2.05, 4.69) is 15.3 Å². The molecule has 2 saturated heterocycles. The van der Waals surface area contributed by atoms with E-state index < -0.39 is 0 Å². The van der Waals surface area contributed by atoms with Crippen LogP contribution in [0.2, 0.25) is 0 Å². The summed E-state index contributed by atoms with van der Waals surface area (Å²) in [5.74, 6) is 0.114. The molecule has 2 aliphatic rings. The van der Waals surface area contributed by atoms with E-state index in [0.29, 0.717) is 12.6 Å². The van der Waals surface area contributed by atoms with Crippen molar-refractivity contribution in [1.29, 1.82) is 0 Å². The monoisotopic (exact) mass is 306 g/mol. The smallest absolute Gasteiger partial charge is 0.237 e. The van der Waals surface area contributed by atoms with Crippen LogP contribution in [0.3, 0.4) is 0 Å². The number of carbonyl (C=O) groups is 1. The fourth-order valence-electron chi connectivity index (χ4n) is 3.51. The van der Waals surface area contributed by atoms with E-state index in [1.807, 2.05) is 23.9 Å². The van der Waals surface area contributed by atoms with Crippen molar-refractivity contribution in [3.8, 4) is 0 Å². The average molecular weight is 306 g/mol. The number of ether oxygens (including phenoxy) is 1. The lowest BCUT2D eigenvalue weighted by molar-refractivity contribution is -0.126. The molecule has 1 N–H and O–H groups in total. The molecule has 2 fully saturated rings. The molecule has 0 saturated carbocycles. The molecule has 3 atom stereocenters. The van der Waals surface area contributed by atoms with Gasteiger partial charge < -0.3 is 10.1 Å². The Hall–Kier alpha value is -1.40. The fourth-order valence-corrected chi connectivity index (χ4v) is 3.51. The summed E-state index contributed by atoms with van der Waals surface area (Å²) in [6.45, 7) is 5.32. The van der Waals surface area contributed by atoms with Crippen molar-refractivity contribution in [3.05, 3.63) is 18.5 Å². The highest BCUT2D eigenvalue weighted by Gasteiger charge is 2.32. The Labute approximate surface area is 131 Å². The highest BCUT2D eigenvalue weighted by Crippen LogP contribution is 2.21. The van der Waals surface area contributed by atoms with Crippen molar-refractivity contribution in [2.45, 2.75) is 57.3 Å². The van der Waals surface area contributed by atoms with Gasteiger partial charge in [-0.2, -0.15) is 5.10 Å². The second-order valence-corrected chi connectivity index (χ2v) is 6.32. The number of nitrogens with one attached hydrogen (secondary N) is 1. The molecule has 0 aliphatic carbocycles. The lowest BCUT2D eigenvalue weighted by Crippen LogP contribution is -2.49. The maximum absolute atomic E-state index is 12.4. The zero-order valence-corrected chi connectivity index (χ0v) is 13.3. The first-order valence-electron chi connectivity index (χ1n) is 8.36. The Morgan fingerprint density at radius 3 is 3.09 bits per heavy atom. The van der Waals surface area contributed by atoms with Crippen LogP contribution >= 0.6 is 0 Å². The normalized spacial score (nSPS) is 27.1. The molecule has 0 spiro atoms. The minimum absolute atomic E-state index is 0.0931. The Morgan fingerprint density at radius 1 is 1.45 bits per heavy atom. The zero-order chi connectivity index (χ0) is 15.4. The third kappa shape index (κ3) is 3.67. The van der Waals surface area contributed by atoms with E-state index in [-0.39, 0.29) is 18.1 Å². The molecule has 0 unspecified atom stereocenters.